The third-order valence-corrected chi connectivity index (χ3v) is 8.61. The Morgan fingerprint density at radius 3 is 2.51 bits per heavy atom. The maximum Gasteiger partial charge on any atom is 0.263 e. The molecule has 1 fully saturated rings. The van der Waals surface area contributed by atoms with Crippen LogP contribution >= 0.6 is 11.8 Å². The highest BCUT2D eigenvalue weighted by molar-refractivity contribution is 7.99. The summed E-state index contributed by atoms with van der Waals surface area (Å²) in [5.74, 6) is 0.869. The Bertz CT molecular complexity index is 1430. The van der Waals surface area contributed by atoms with Crippen LogP contribution in [0.15, 0.2) is 88.8 Å². The summed E-state index contributed by atoms with van der Waals surface area (Å²) in [7, 11) is 0. The predicted molar refractivity (Wildman–Crippen MR) is 145 cm³/mol. The minimum absolute atomic E-state index is 0.0907. The van der Waals surface area contributed by atoms with Gasteiger partial charge >= 0.3 is 0 Å². The lowest BCUT2D eigenvalue weighted by atomic mass is 9.68. The lowest BCUT2D eigenvalue weighted by Gasteiger charge is -2.36. The molecular weight excluding hydrogens is 448 g/mol. The van der Waals surface area contributed by atoms with Crippen LogP contribution in [0.1, 0.15) is 47.9 Å². The van der Waals surface area contributed by atoms with Crippen molar-refractivity contribution >= 4 is 11.8 Å². The summed E-state index contributed by atoms with van der Waals surface area (Å²) in [6, 6.07) is 27.4. The van der Waals surface area contributed by atoms with Crippen molar-refractivity contribution in [3.8, 4) is 16.9 Å². The number of aromatic nitrogens is 2. The summed E-state index contributed by atoms with van der Waals surface area (Å²) in [4.78, 5) is 19.8. The minimum Gasteiger partial charge on any atom is -0.268 e. The van der Waals surface area contributed by atoms with E-state index in [2.05, 4.69) is 67.6 Å². The van der Waals surface area contributed by atoms with Crippen molar-refractivity contribution in [3.63, 3.8) is 0 Å². The minimum atomic E-state index is -0.0907. The number of nitrogens with zero attached hydrogens (tertiary/aromatic N) is 2. The molecular formula is C31H30N2OS. The molecule has 0 aliphatic heterocycles. The van der Waals surface area contributed by atoms with Crippen molar-refractivity contribution in [2.45, 2.75) is 56.0 Å². The first-order chi connectivity index (χ1) is 17.1. The Labute approximate surface area is 211 Å². The van der Waals surface area contributed by atoms with Crippen LogP contribution < -0.4 is 5.56 Å². The lowest BCUT2D eigenvalue weighted by molar-refractivity contribution is 0.422. The molecule has 0 unspecified atom stereocenters. The molecule has 0 N–H and O–H groups in total. The van der Waals surface area contributed by atoms with Gasteiger partial charge in [-0.3, -0.25) is 9.36 Å². The van der Waals surface area contributed by atoms with E-state index in [0.717, 1.165) is 64.7 Å². The Balaban J connectivity index is 1.53. The van der Waals surface area contributed by atoms with Gasteiger partial charge in [-0.15, -0.1) is 0 Å². The third-order valence-electron chi connectivity index (χ3n) is 7.67. The first-order valence-electron chi connectivity index (χ1n) is 12.6. The summed E-state index contributed by atoms with van der Waals surface area (Å²) in [5.41, 5.74) is 7.74. The predicted octanol–water partition coefficient (Wildman–Crippen LogP) is 6.91. The quantitative estimate of drug-likeness (QED) is 0.231. The molecule has 1 heterocycles. The highest BCUT2D eigenvalue weighted by Crippen LogP contribution is 2.50. The summed E-state index contributed by atoms with van der Waals surface area (Å²) in [5, 5.41) is 0.792. The van der Waals surface area contributed by atoms with Crippen LogP contribution in [-0.2, 0) is 18.3 Å². The number of hydrogen-bond acceptors (Lipinski definition) is 3. The van der Waals surface area contributed by atoms with Crippen molar-refractivity contribution < 1.29 is 0 Å². The van der Waals surface area contributed by atoms with Gasteiger partial charge in [-0.05, 0) is 61.4 Å². The van der Waals surface area contributed by atoms with E-state index in [1.807, 2.05) is 22.8 Å². The average Bonchev–Trinajstić information content (AvgIpc) is 3.33. The van der Waals surface area contributed by atoms with Crippen LogP contribution in [0, 0.1) is 6.92 Å². The fraction of sp³-hybridized carbons (Fsp3) is 0.290. The van der Waals surface area contributed by atoms with Crippen LogP contribution in [0.3, 0.4) is 0 Å². The van der Waals surface area contributed by atoms with Crippen LogP contribution in [0.25, 0.3) is 16.9 Å². The third kappa shape index (κ3) is 4.04. The van der Waals surface area contributed by atoms with Crippen LogP contribution in [-0.4, -0.2) is 15.3 Å². The van der Waals surface area contributed by atoms with Gasteiger partial charge in [0.1, 0.15) is 0 Å². The summed E-state index contributed by atoms with van der Waals surface area (Å²) >= 11 is 1.69. The topological polar surface area (TPSA) is 34.9 Å². The maximum atomic E-state index is 14.5. The highest BCUT2D eigenvalue weighted by Gasteiger charge is 2.44. The molecule has 0 saturated heterocycles. The standard InChI is InChI=1S/C31H30N2OS/c1-22-10-9-14-25(20-22)33-29(34)27-28(32-30(33)35-19-16-23-11-3-2-4-12-23)26-15-6-5-13-24(26)21-31(27)17-7-8-18-31/h2-6,9-15,20H,7-8,16-19,21H2,1H3. The lowest BCUT2D eigenvalue weighted by Crippen LogP contribution is -2.40. The van der Waals surface area contributed by atoms with Gasteiger partial charge in [-0.25, -0.2) is 4.98 Å². The molecule has 0 bridgehead atoms. The Hall–Kier alpha value is -3.11. The summed E-state index contributed by atoms with van der Waals surface area (Å²) < 4.78 is 1.90. The summed E-state index contributed by atoms with van der Waals surface area (Å²) in [6.45, 7) is 2.08. The van der Waals surface area contributed by atoms with Crippen LogP contribution in [0.5, 0.6) is 0 Å². The maximum absolute atomic E-state index is 14.5. The second kappa shape index (κ2) is 9.16. The molecule has 0 amide bonds. The van der Waals surface area contributed by atoms with Gasteiger partial charge in [0.05, 0.1) is 16.9 Å². The molecule has 3 aromatic carbocycles. The fourth-order valence-corrected chi connectivity index (χ4v) is 7.00. The van der Waals surface area contributed by atoms with Gasteiger partial charge < -0.3 is 0 Å². The molecule has 4 heteroatoms. The van der Waals surface area contributed by atoms with Gasteiger partial charge in [0.2, 0.25) is 0 Å². The van der Waals surface area contributed by atoms with E-state index in [1.54, 1.807) is 11.8 Å². The van der Waals surface area contributed by atoms with Crippen LogP contribution in [0.4, 0.5) is 0 Å². The first-order valence-corrected chi connectivity index (χ1v) is 13.6. The largest absolute Gasteiger partial charge is 0.268 e. The zero-order chi connectivity index (χ0) is 23.8. The SMILES string of the molecule is Cc1cccc(-n2c(SCCc3ccccc3)nc3c(c2=O)C2(CCCC2)Cc2ccccc2-3)c1. The normalized spacial score (nSPS) is 15.7. The number of hydrogen-bond donors (Lipinski definition) is 0. The second-order valence-corrected chi connectivity index (χ2v) is 11.1. The summed E-state index contributed by atoms with van der Waals surface area (Å²) in [6.07, 6.45) is 6.38. The molecule has 6 rings (SSSR count). The molecule has 3 nitrogen and oxygen atoms in total. The van der Waals surface area contributed by atoms with Gasteiger partial charge in [0, 0.05) is 16.7 Å². The van der Waals surface area contributed by atoms with Crippen LogP contribution in [0.2, 0.25) is 0 Å². The second-order valence-electron chi connectivity index (χ2n) is 10.0. The molecule has 4 aromatic rings. The average molecular weight is 479 g/mol. The zero-order valence-corrected chi connectivity index (χ0v) is 21.0. The van der Waals surface area contributed by atoms with E-state index in [0.29, 0.717) is 0 Å². The van der Waals surface area contributed by atoms with E-state index in [9.17, 15) is 4.79 Å². The van der Waals surface area contributed by atoms with E-state index in [1.165, 1.54) is 24.0 Å². The van der Waals surface area contributed by atoms with E-state index >= 15 is 0 Å². The highest BCUT2D eigenvalue weighted by atomic mass is 32.2. The Kier molecular flexibility index (Phi) is 5.85. The molecule has 1 saturated carbocycles. The number of aryl methyl sites for hydroxylation is 2. The zero-order valence-electron chi connectivity index (χ0n) is 20.2. The van der Waals surface area contributed by atoms with E-state index < -0.39 is 0 Å². The number of thioether (sulfide) groups is 1. The molecule has 0 radical (unpaired) electrons. The van der Waals surface area contributed by atoms with Gasteiger partial charge in [-0.1, -0.05) is 91.3 Å². The smallest absolute Gasteiger partial charge is 0.263 e. The van der Waals surface area contributed by atoms with Crippen molar-refractivity contribution in [2.75, 3.05) is 5.75 Å². The molecule has 1 aromatic heterocycles. The van der Waals surface area contributed by atoms with Gasteiger partial charge in [0.15, 0.2) is 5.16 Å². The Morgan fingerprint density at radius 1 is 0.943 bits per heavy atom. The first kappa shape index (κ1) is 22.4. The fourth-order valence-electron chi connectivity index (χ4n) is 6.01. The van der Waals surface area contributed by atoms with Crippen molar-refractivity contribution in [2.24, 2.45) is 0 Å². The van der Waals surface area contributed by atoms with Gasteiger partial charge in [-0.2, -0.15) is 0 Å². The molecule has 0 atom stereocenters. The Morgan fingerprint density at radius 2 is 1.71 bits per heavy atom. The number of rotatable bonds is 5. The van der Waals surface area contributed by atoms with E-state index in [-0.39, 0.29) is 11.0 Å². The van der Waals surface area contributed by atoms with Gasteiger partial charge in [0.25, 0.3) is 5.56 Å². The molecule has 176 valence electrons. The van der Waals surface area contributed by atoms with Crippen molar-refractivity contribution in [1.82, 2.24) is 9.55 Å². The monoisotopic (exact) mass is 478 g/mol. The van der Waals surface area contributed by atoms with Crippen molar-refractivity contribution in [3.05, 3.63) is 111 Å². The number of fused-ring (bicyclic) bond motifs is 4. The molecule has 2 aliphatic carbocycles. The van der Waals surface area contributed by atoms with Crippen molar-refractivity contribution in [1.29, 1.82) is 0 Å². The molecule has 2 aliphatic rings. The molecule has 35 heavy (non-hydrogen) atoms. The van der Waals surface area contributed by atoms with E-state index in [4.69, 9.17) is 4.98 Å². The number of benzene rings is 3. The molecule has 1 spiro atoms.